The number of rotatable bonds is 4. The minimum Gasteiger partial charge on any atom is -0.344 e. The Bertz CT molecular complexity index is 2190. The fourth-order valence-electron chi connectivity index (χ4n) is 5.25. The average molecular weight is 596 g/mol. The van der Waals surface area contributed by atoms with Crippen molar-refractivity contribution < 1.29 is 18.0 Å². The van der Waals surface area contributed by atoms with Crippen LogP contribution in [0.1, 0.15) is 51.5 Å². The van der Waals surface area contributed by atoms with E-state index in [2.05, 4.69) is 32.3 Å². The molecule has 220 valence electrons. The molecule has 0 fully saturated rings. The van der Waals surface area contributed by atoms with E-state index in [9.17, 15) is 22.8 Å². The number of pyridine rings is 1. The Morgan fingerprint density at radius 2 is 1.77 bits per heavy atom. The second-order valence-corrected chi connectivity index (χ2v) is 10.1. The summed E-state index contributed by atoms with van der Waals surface area (Å²) < 4.78 is 44.5. The summed E-state index contributed by atoms with van der Waals surface area (Å²) in [5.74, 6) is 4.92. The van der Waals surface area contributed by atoms with Crippen molar-refractivity contribution in [2.24, 2.45) is 7.05 Å². The van der Waals surface area contributed by atoms with Crippen LogP contribution in [0.5, 0.6) is 0 Å². The van der Waals surface area contributed by atoms with Gasteiger partial charge in [-0.2, -0.15) is 23.4 Å². The SMILES string of the molecule is Cc1nn2cccnc2c1C(=O)N[C@H](C)c1cc2cccc(C#Cc3cnn(C)c3C(F)(F)F)c2c(=O)n1-c1ccccc1. The van der Waals surface area contributed by atoms with E-state index in [1.807, 2.05) is 6.07 Å². The number of hydrogen-bond acceptors (Lipinski definition) is 5. The first-order valence-corrected chi connectivity index (χ1v) is 13.5. The molecule has 4 aromatic heterocycles. The number of aromatic nitrogens is 6. The minimum atomic E-state index is -4.65. The van der Waals surface area contributed by atoms with Gasteiger partial charge in [-0.05, 0) is 49.6 Å². The first kappa shape index (κ1) is 28.4. The predicted molar refractivity (Wildman–Crippen MR) is 157 cm³/mol. The second-order valence-electron chi connectivity index (χ2n) is 10.1. The van der Waals surface area contributed by atoms with Crippen LogP contribution in [0.15, 0.2) is 84.0 Å². The van der Waals surface area contributed by atoms with Gasteiger partial charge in [0.25, 0.3) is 11.5 Å². The summed E-state index contributed by atoms with van der Waals surface area (Å²) in [6, 6.07) is 16.7. The maximum absolute atomic E-state index is 14.2. The molecule has 0 spiro atoms. The minimum absolute atomic E-state index is 0.228. The van der Waals surface area contributed by atoms with Gasteiger partial charge in [0.2, 0.25) is 0 Å². The molecule has 0 aliphatic carbocycles. The predicted octanol–water partition coefficient (Wildman–Crippen LogP) is 4.98. The molecule has 12 heteroatoms. The lowest BCUT2D eigenvalue weighted by Crippen LogP contribution is -2.32. The monoisotopic (exact) mass is 595 g/mol. The van der Waals surface area contributed by atoms with Crippen LogP contribution < -0.4 is 10.9 Å². The van der Waals surface area contributed by atoms with E-state index in [0.29, 0.717) is 33.7 Å². The number of carbonyl (C=O) groups is 1. The molecule has 0 aliphatic rings. The second kappa shape index (κ2) is 10.9. The standard InChI is InChI=1S/C32H24F3N7O2/c1-19(38-30(43)26-20(2)39-41-16-8-15-36-29(26)41)25-17-22-10-7-9-21(13-14-23-18-37-40(3)28(23)32(33,34)35)27(22)31(44)42(25)24-11-5-4-6-12-24/h4-12,15-19H,1-3H3,(H,38,43)/t19-/m1/s1. The van der Waals surface area contributed by atoms with Gasteiger partial charge in [0.15, 0.2) is 11.3 Å². The third-order valence-corrected chi connectivity index (χ3v) is 7.22. The van der Waals surface area contributed by atoms with E-state index in [4.69, 9.17) is 0 Å². The number of halogens is 3. The molecule has 44 heavy (non-hydrogen) atoms. The highest BCUT2D eigenvalue weighted by atomic mass is 19.4. The molecule has 1 amide bonds. The Balaban J connectivity index is 1.48. The zero-order chi connectivity index (χ0) is 31.2. The quantitative estimate of drug-likeness (QED) is 0.290. The smallest absolute Gasteiger partial charge is 0.344 e. The molecule has 0 aliphatic heterocycles. The molecule has 0 saturated carbocycles. The van der Waals surface area contributed by atoms with E-state index in [1.165, 1.54) is 16.1 Å². The Kier molecular flexibility index (Phi) is 7.01. The van der Waals surface area contributed by atoms with E-state index in [1.54, 1.807) is 80.8 Å². The van der Waals surface area contributed by atoms with Gasteiger partial charge in [-0.25, -0.2) is 9.50 Å². The lowest BCUT2D eigenvalue weighted by atomic mass is 10.0. The summed E-state index contributed by atoms with van der Waals surface area (Å²) in [5, 5.41) is 11.8. The number of para-hydroxylation sites is 1. The average Bonchev–Trinajstić information content (AvgIpc) is 3.54. The number of nitrogens with one attached hydrogen (secondary N) is 1. The van der Waals surface area contributed by atoms with Crippen molar-refractivity contribution in [2.75, 3.05) is 0 Å². The summed E-state index contributed by atoms with van der Waals surface area (Å²) in [4.78, 5) is 32.0. The van der Waals surface area contributed by atoms with Crippen LogP contribution in [0.25, 0.3) is 22.1 Å². The molecule has 0 unspecified atom stereocenters. The molecule has 2 aromatic carbocycles. The van der Waals surface area contributed by atoms with E-state index in [0.717, 1.165) is 10.9 Å². The van der Waals surface area contributed by atoms with Gasteiger partial charge in [-0.3, -0.25) is 18.8 Å². The fraction of sp³-hybridized carbons (Fsp3) is 0.156. The van der Waals surface area contributed by atoms with E-state index < -0.39 is 29.4 Å². The van der Waals surface area contributed by atoms with Crippen LogP contribution in [0.2, 0.25) is 0 Å². The Morgan fingerprint density at radius 3 is 2.52 bits per heavy atom. The first-order valence-electron chi connectivity index (χ1n) is 13.5. The number of carbonyl (C=O) groups excluding carboxylic acids is 1. The van der Waals surface area contributed by atoms with Crippen LogP contribution in [0, 0.1) is 18.8 Å². The number of amides is 1. The largest absolute Gasteiger partial charge is 0.434 e. The molecule has 1 atom stereocenters. The third-order valence-electron chi connectivity index (χ3n) is 7.22. The molecule has 4 heterocycles. The number of aryl methyl sites for hydroxylation is 2. The van der Waals surface area contributed by atoms with Crippen LogP contribution in [0.3, 0.4) is 0 Å². The topological polar surface area (TPSA) is 99.1 Å². The van der Waals surface area contributed by atoms with Gasteiger partial charge in [-0.1, -0.05) is 42.2 Å². The molecule has 6 aromatic rings. The lowest BCUT2D eigenvalue weighted by Gasteiger charge is -2.21. The number of fused-ring (bicyclic) bond motifs is 2. The van der Waals surface area contributed by atoms with Gasteiger partial charge in [0.1, 0.15) is 5.56 Å². The Hall–Kier alpha value is -5.70. The third kappa shape index (κ3) is 4.98. The van der Waals surface area contributed by atoms with Crippen molar-refractivity contribution in [3.8, 4) is 17.5 Å². The fourth-order valence-corrected chi connectivity index (χ4v) is 5.25. The highest BCUT2D eigenvalue weighted by Gasteiger charge is 2.37. The molecule has 0 bridgehead atoms. The summed E-state index contributed by atoms with van der Waals surface area (Å²) in [7, 11) is 1.19. The van der Waals surface area contributed by atoms with Crippen molar-refractivity contribution in [3.05, 3.63) is 123 Å². The van der Waals surface area contributed by atoms with Crippen molar-refractivity contribution in [3.63, 3.8) is 0 Å². The zero-order valence-electron chi connectivity index (χ0n) is 23.7. The molecular weight excluding hydrogens is 571 g/mol. The normalized spacial score (nSPS) is 12.2. The molecular formula is C32H24F3N7O2. The zero-order valence-corrected chi connectivity index (χ0v) is 23.7. The molecule has 1 N–H and O–H groups in total. The van der Waals surface area contributed by atoms with Crippen molar-refractivity contribution in [1.82, 2.24) is 34.3 Å². The van der Waals surface area contributed by atoms with Crippen LogP contribution in [-0.2, 0) is 13.2 Å². The lowest BCUT2D eigenvalue weighted by molar-refractivity contribution is -0.143. The Morgan fingerprint density at radius 1 is 1.02 bits per heavy atom. The van der Waals surface area contributed by atoms with E-state index >= 15 is 0 Å². The number of alkyl halides is 3. The molecule has 0 radical (unpaired) electrons. The van der Waals surface area contributed by atoms with Crippen molar-refractivity contribution in [1.29, 1.82) is 0 Å². The number of benzene rings is 2. The summed E-state index contributed by atoms with van der Waals surface area (Å²) in [6.45, 7) is 3.48. The van der Waals surface area contributed by atoms with Gasteiger partial charge >= 0.3 is 6.18 Å². The summed E-state index contributed by atoms with van der Waals surface area (Å²) in [6.07, 6.45) is -0.329. The first-order chi connectivity index (χ1) is 21.0. The summed E-state index contributed by atoms with van der Waals surface area (Å²) in [5.41, 5.74) is 0.784. The highest BCUT2D eigenvalue weighted by molar-refractivity contribution is 6.01. The van der Waals surface area contributed by atoms with Gasteiger partial charge in [0.05, 0.1) is 28.9 Å². The molecule has 6 rings (SSSR count). The maximum Gasteiger partial charge on any atom is 0.434 e. The van der Waals surface area contributed by atoms with E-state index in [-0.39, 0.29) is 16.5 Å². The van der Waals surface area contributed by atoms with Gasteiger partial charge in [0, 0.05) is 36.4 Å². The number of nitrogens with zero attached hydrogens (tertiary/aromatic N) is 6. The summed E-state index contributed by atoms with van der Waals surface area (Å²) >= 11 is 0. The van der Waals surface area contributed by atoms with Crippen LogP contribution in [-0.4, -0.2) is 34.9 Å². The van der Waals surface area contributed by atoms with Gasteiger partial charge in [-0.15, -0.1) is 0 Å². The van der Waals surface area contributed by atoms with Crippen LogP contribution >= 0.6 is 0 Å². The van der Waals surface area contributed by atoms with Crippen LogP contribution in [0.4, 0.5) is 13.2 Å². The molecule has 0 saturated heterocycles. The maximum atomic E-state index is 14.2. The molecule has 9 nitrogen and oxygen atoms in total. The number of hydrogen-bond donors (Lipinski definition) is 1. The van der Waals surface area contributed by atoms with Crippen molar-refractivity contribution >= 4 is 22.3 Å². The van der Waals surface area contributed by atoms with Crippen molar-refractivity contribution in [2.45, 2.75) is 26.1 Å². The van der Waals surface area contributed by atoms with Gasteiger partial charge < -0.3 is 5.32 Å². The Labute approximate surface area is 248 Å². The highest BCUT2D eigenvalue weighted by Crippen LogP contribution is 2.31.